The summed E-state index contributed by atoms with van der Waals surface area (Å²) in [6.45, 7) is 0.865. The first-order valence-electron chi connectivity index (χ1n) is 2.99. The lowest BCUT2D eigenvalue weighted by molar-refractivity contribution is -0.314. The summed E-state index contributed by atoms with van der Waals surface area (Å²) in [5, 5.41) is 8.39. The Morgan fingerprint density at radius 1 is 1.17 bits per heavy atom. The third-order valence-corrected chi connectivity index (χ3v) is 1.25. The second-order valence-electron chi connectivity index (χ2n) is 2.42. The Morgan fingerprint density at radius 3 is 1.58 bits per heavy atom. The van der Waals surface area contributed by atoms with Gasteiger partial charge in [-0.3, -0.25) is 0 Å². The van der Waals surface area contributed by atoms with E-state index in [4.69, 9.17) is 5.11 Å². The number of halogens is 5. The number of rotatable bonds is 2. The van der Waals surface area contributed by atoms with Gasteiger partial charge in [-0.2, -0.15) is 22.0 Å². The van der Waals surface area contributed by atoms with Crippen LogP contribution in [-0.2, 0) is 0 Å². The number of alkyl halides is 5. The van der Waals surface area contributed by atoms with Gasteiger partial charge in [0.05, 0.1) is 0 Å². The highest BCUT2D eigenvalue weighted by molar-refractivity contribution is 4.88. The Bertz CT molecular complexity index is 154. The zero-order valence-electron chi connectivity index (χ0n) is 6.07. The van der Waals surface area contributed by atoms with Gasteiger partial charge in [0.25, 0.3) is 0 Å². The van der Waals surface area contributed by atoms with Gasteiger partial charge in [0.15, 0.2) is 0 Å². The van der Waals surface area contributed by atoms with Crippen LogP contribution < -0.4 is 5.73 Å². The van der Waals surface area contributed by atoms with Crippen LogP contribution in [0.1, 0.15) is 6.92 Å². The Morgan fingerprint density at radius 2 is 1.50 bits per heavy atom. The minimum absolute atomic E-state index is 0.865. The largest absolute Gasteiger partial charge is 0.456 e. The van der Waals surface area contributed by atoms with Crippen LogP contribution in [0, 0.1) is 0 Å². The maximum absolute atomic E-state index is 12.1. The average molecular weight is 193 g/mol. The molecular weight excluding hydrogens is 185 g/mol. The molecule has 0 aliphatic carbocycles. The molecule has 2 unspecified atom stereocenters. The lowest BCUT2D eigenvalue weighted by Crippen LogP contribution is -2.54. The molecule has 0 rings (SSSR count). The van der Waals surface area contributed by atoms with Crippen LogP contribution in [0.3, 0.4) is 0 Å². The quantitative estimate of drug-likeness (QED) is 0.640. The van der Waals surface area contributed by atoms with E-state index >= 15 is 0 Å². The molecule has 0 aromatic rings. The average Bonchev–Trinajstić information content (AvgIpc) is 1.83. The van der Waals surface area contributed by atoms with Gasteiger partial charge in [-0.05, 0) is 6.92 Å². The van der Waals surface area contributed by atoms with E-state index in [1.807, 2.05) is 0 Å². The first kappa shape index (κ1) is 11.6. The van der Waals surface area contributed by atoms with Gasteiger partial charge in [-0.25, -0.2) is 0 Å². The maximum atomic E-state index is 12.1. The molecule has 12 heavy (non-hydrogen) atoms. The SMILES string of the molecule is CC(N)C(O)C(F)(F)C(F)(F)F. The maximum Gasteiger partial charge on any atom is 0.456 e. The predicted molar refractivity (Wildman–Crippen MR) is 30.7 cm³/mol. The van der Waals surface area contributed by atoms with Crippen LogP contribution in [0.25, 0.3) is 0 Å². The van der Waals surface area contributed by atoms with Crippen LogP contribution >= 0.6 is 0 Å². The molecule has 74 valence electrons. The minimum Gasteiger partial charge on any atom is -0.385 e. The molecule has 0 heterocycles. The fourth-order valence-corrected chi connectivity index (χ4v) is 0.498. The second-order valence-corrected chi connectivity index (χ2v) is 2.42. The summed E-state index contributed by atoms with van der Waals surface area (Å²) >= 11 is 0. The van der Waals surface area contributed by atoms with Crippen molar-refractivity contribution in [2.75, 3.05) is 0 Å². The first-order valence-corrected chi connectivity index (χ1v) is 2.99. The minimum atomic E-state index is -5.76. The summed E-state index contributed by atoms with van der Waals surface area (Å²) in [4.78, 5) is 0. The van der Waals surface area contributed by atoms with Crippen molar-refractivity contribution >= 4 is 0 Å². The number of aliphatic hydroxyl groups excluding tert-OH is 1. The van der Waals surface area contributed by atoms with Crippen LogP contribution in [0.15, 0.2) is 0 Å². The molecule has 0 aromatic carbocycles. The van der Waals surface area contributed by atoms with Crippen LogP contribution in [-0.4, -0.2) is 29.4 Å². The molecule has 7 heteroatoms. The Hall–Kier alpha value is -0.430. The van der Waals surface area contributed by atoms with E-state index in [0.29, 0.717) is 0 Å². The summed E-state index contributed by atoms with van der Waals surface area (Å²) < 4.78 is 58.7. The van der Waals surface area contributed by atoms with Crippen LogP contribution in [0.4, 0.5) is 22.0 Å². The van der Waals surface area contributed by atoms with Crippen LogP contribution in [0.5, 0.6) is 0 Å². The van der Waals surface area contributed by atoms with E-state index in [9.17, 15) is 22.0 Å². The van der Waals surface area contributed by atoms with E-state index in [2.05, 4.69) is 5.73 Å². The highest BCUT2D eigenvalue weighted by atomic mass is 19.4. The second kappa shape index (κ2) is 3.14. The molecule has 0 radical (unpaired) electrons. The normalized spacial score (nSPS) is 19.0. The fraction of sp³-hybridized carbons (Fsp3) is 1.00. The summed E-state index contributed by atoms with van der Waals surface area (Å²) in [5.41, 5.74) is 4.69. The molecule has 3 N–H and O–H groups in total. The van der Waals surface area contributed by atoms with E-state index in [1.54, 1.807) is 0 Å². The highest BCUT2D eigenvalue weighted by Gasteiger charge is 2.62. The number of nitrogens with two attached hydrogens (primary N) is 1. The van der Waals surface area contributed by atoms with E-state index < -0.39 is 24.2 Å². The molecule has 0 bridgehead atoms. The first-order chi connectivity index (χ1) is 5.10. The molecular formula is C5H8F5NO. The van der Waals surface area contributed by atoms with Crippen molar-refractivity contribution in [2.24, 2.45) is 5.73 Å². The lowest BCUT2D eigenvalue weighted by atomic mass is 10.1. The van der Waals surface area contributed by atoms with Gasteiger partial charge < -0.3 is 10.8 Å². The third-order valence-electron chi connectivity index (χ3n) is 1.25. The van der Waals surface area contributed by atoms with Crippen molar-refractivity contribution < 1.29 is 27.1 Å². The molecule has 0 saturated heterocycles. The van der Waals surface area contributed by atoms with Crippen molar-refractivity contribution in [3.63, 3.8) is 0 Å². The zero-order valence-corrected chi connectivity index (χ0v) is 6.07. The summed E-state index contributed by atoms with van der Waals surface area (Å²) in [7, 11) is 0. The van der Waals surface area contributed by atoms with Crippen molar-refractivity contribution in [3.05, 3.63) is 0 Å². The van der Waals surface area contributed by atoms with Crippen molar-refractivity contribution in [2.45, 2.75) is 31.2 Å². The van der Waals surface area contributed by atoms with Gasteiger partial charge in [0.2, 0.25) is 0 Å². The third kappa shape index (κ3) is 2.04. The van der Waals surface area contributed by atoms with Gasteiger partial charge in [0, 0.05) is 6.04 Å². The Labute approximate surface area is 65.2 Å². The van der Waals surface area contributed by atoms with E-state index in [0.717, 1.165) is 6.92 Å². The molecule has 0 aromatic heterocycles. The van der Waals surface area contributed by atoms with Gasteiger partial charge >= 0.3 is 12.1 Å². The van der Waals surface area contributed by atoms with E-state index in [-0.39, 0.29) is 0 Å². The van der Waals surface area contributed by atoms with Gasteiger partial charge in [-0.1, -0.05) is 0 Å². The molecule has 0 spiro atoms. The number of aliphatic hydroxyl groups is 1. The Balaban J connectivity index is 4.61. The van der Waals surface area contributed by atoms with Gasteiger partial charge in [-0.15, -0.1) is 0 Å². The molecule has 0 aliphatic rings. The predicted octanol–water partition coefficient (Wildman–Crippen LogP) is 0.892. The zero-order chi connectivity index (χ0) is 10.2. The molecule has 2 nitrogen and oxygen atoms in total. The monoisotopic (exact) mass is 193 g/mol. The lowest BCUT2D eigenvalue weighted by Gasteiger charge is -2.26. The summed E-state index contributed by atoms with van der Waals surface area (Å²) in [5.74, 6) is -5.15. The van der Waals surface area contributed by atoms with Crippen molar-refractivity contribution in [1.29, 1.82) is 0 Å². The van der Waals surface area contributed by atoms with Gasteiger partial charge in [0.1, 0.15) is 6.10 Å². The topological polar surface area (TPSA) is 46.2 Å². The molecule has 0 aliphatic heterocycles. The number of hydrogen-bond acceptors (Lipinski definition) is 2. The van der Waals surface area contributed by atoms with Crippen molar-refractivity contribution in [1.82, 2.24) is 0 Å². The summed E-state index contributed by atoms with van der Waals surface area (Å²) in [6.07, 6.45) is -8.67. The molecule has 0 amide bonds. The van der Waals surface area contributed by atoms with Crippen molar-refractivity contribution in [3.8, 4) is 0 Å². The summed E-state index contributed by atoms with van der Waals surface area (Å²) in [6, 6.07) is -1.64. The van der Waals surface area contributed by atoms with Crippen LogP contribution in [0.2, 0.25) is 0 Å². The molecule has 0 saturated carbocycles. The highest BCUT2D eigenvalue weighted by Crippen LogP contribution is 2.38. The fourth-order valence-electron chi connectivity index (χ4n) is 0.498. The standard InChI is InChI=1S/C5H8F5NO/c1-2(11)3(12)4(6,7)5(8,9)10/h2-3,12H,11H2,1H3. The van der Waals surface area contributed by atoms with E-state index in [1.165, 1.54) is 0 Å². The Kier molecular flexibility index (Phi) is 3.02. The molecule has 0 fully saturated rings. The molecule has 2 atom stereocenters. The smallest absolute Gasteiger partial charge is 0.385 e. The number of hydrogen-bond donors (Lipinski definition) is 2.